The van der Waals surface area contributed by atoms with Crippen LogP contribution in [0.3, 0.4) is 0 Å². The lowest BCUT2D eigenvalue weighted by Crippen LogP contribution is -2.51. The topological polar surface area (TPSA) is 86.6 Å². The first-order valence-electron chi connectivity index (χ1n) is 14.6. The number of nitrogens with one attached hydrogen (secondary N) is 1. The molecule has 0 saturated carbocycles. The van der Waals surface area contributed by atoms with Gasteiger partial charge in [0.25, 0.3) is 0 Å². The quantitative estimate of drug-likeness (QED) is 0.462. The molecule has 2 unspecified atom stereocenters. The van der Waals surface area contributed by atoms with Gasteiger partial charge in [0.05, 0.1) is 10.9 Å². The van der Waals surface area contributed by atoms with Gasteiger partial charge in [-0.2, -0.15) is 9.97 Å². The number of hydrogen-bond donors (Lipinski definition) is 2. The number of hydrogen-bond acceptors (Lipinski definition) is 8. The fourth-order valence-corrected chi connectivity index (χ4v) is 7.42. The number of aromatic hydroxyl groups is 1. The van der Waals surface area contributed by atoms with Crippen LogP contribution in [-0.4, -0.2) is 75.4 Å². The summed E-state index contributed by atoms with van der Waals surface area (Å²) in [6.45, 7) is 6.47. The summed E-state index contributed by atoms with van der Waals surface area (Å²) in [5, 5.41) is 14.5. The Morgan fingerprint density at radius 1 is 1.13 bits per heavy atom. The zero-order chi connectivity index (χ0) is 26.6. The summed E-state index contributed by atoms with van der Waals surface area (Å²) in [5.74, 6) is 0.290. The zero-order valence-electron chi connectivity index (χ0n) is 22.6. The Labute approximate surface area is 228 Å². The lowest BCUT2D eigenvalue weighted by Gasteiger charge is -2.34. The van der Waals surface area contributed by atoms with Gasteiger partial charge in [-0.05, 0) is 75.7 Å². The smallest absolute Gasteiger partial charge is 0.319 e. The molecule has 0 aliphatic carbocycles. The highest BCUT2D eigenvalue weighted by Crippen LogP contribution is 2.40. The highest BCUT2D eigenvalue weighted by atomic mass is 19.1. The van der Waals surface area contributed by atoms with Crippen molar-refractivity contribution in [2.45, 2.75) is 75.9 Å². The second-order valence-corrected chi connectivity index (χ2v) is 11.9. The third-order valence-corrected chi connectivity index (χ3v) is 9.31. The second-order valence-electron chi connectivity index (χ2n) is 11.9. The van der Waals surface area contributed by atoms with Crippen LogP contribution in [-0.2, 0) is 6.42 Å². The molecule has 2 atom stereocenters. The van der Waals surface area contributed by atoms with Crippen molar-refractivity contribution in [2.24, 2.45) is 0 Å². The highest BCUT2D eigenvalue weighted by Gasteiger charge is 2.45. The molecule has 3 aromatic rings. The molecule has 2 aromatic heterocycles. The minimum absolute atomic E-state index is 0.0468. The second kappa shape index (κ2) is 9.86. The lowest BCUT2D eigenvalue weighted by molar-refractivity contribution is 0.108. The number of nitrogens with zero attached hydrogens (tertiary/aromatic N) is 5. The van der Waals surface area contributed by atoms with Gasteiger partial charge >= 0.3 is 6.01 Å². The summed E-state index contributed by atoms with van der Waals surface area (Å²) in [4.78, 5) is 19.0. The van der Waals surface area contributed by atoms with E-state index in [1.807, 2.05) is 6.07 Å². The van der Waals surface area contributed by atoms with E-state index < -0.39 is 5.82 Å². The minimum Gasteiger partial charge on any atom is -0.508 e. The van der Waals surface area contributed by atoms with Gasteiger partial charge in [0.1, 0.15) is 29.4 Å². The number of piperazine rings is 1. The molecule has 0 radical (unpaired) electrons. The number of ether oxygens (including phenoxy) is 1. The van der Waals surface area contributed by atoms with E-state index in [4.69, 9.17) is 9.72 Å². The number of aryl methyl sites for hydroxylation is 1. The molecule has 6 heterocycles. The van der Waals surface area contributed by atoms with E-state index in [0.717, 1.165) is 70.3 Å². The van der Waals surface area contributed by atoms with E-state index >= 15 is 4.39 Å². The molecule has 9 heteroatoms. The summed E-state index contributed by atoms with van der Waals surface area (Å²) < 4.78 is 22.8. The maximum atomic E-state index is 16.4. The van der Waals surface area contributed by atoms with Crippen molar-refractivity contribution in [3.63, 3.8) is 0 Å². The van der Waals surface area contributed by atoms with Gasteiger partial charge in [-0.3, -0.25) is 9.88 Å². The fraction of sp³-hybridized carbons (Fsp3) is 0.567. The van der Waals surface area contributed by atoms with Gasteiger partial charge in [0, 0.05) is 36.9 Å². The van der Waals surface area contributed by atoms with Crippen LogP contribution in [0.2, 0.25) is 0 Å². The van der Waals surface area contributed by atoms with Crippen LogP contribution in [0, 0.1) is 5.82 Å². The van der Waals surface area contributed by atoms with Crippen LogP contribution in [0.25, 0.3) is 22.2 Å². The van der Waals surface area contributed by atoms with E-state index in [1.165, 1.54) is 12.8 Å². The van der Waals surface area contributed by atoms with Gasteiger partial charge in [-0.25, -0.2) is 4.39 Å². The third-order valence-electron chi connectivity index (χ3n) is 9.31. The van der Waals surface area contributed by atoms with Gasteiger partial charge < -0.3 is 20.1 Å². The predicted molar refractivity (Wildman–Crippen MR) is 149 cm³/mol. The molecule has 4 aliphatic heterocycles. The molecule has 0 amide bonds. The number of benzene rings is 1. The van der Waals surface area contributed by atoms with Crippen molar-refractivity contribution >= 4 is 16.7 Å². The molecule has 4 saturated heterocycles. The molecule has 8 nitrogen and oxygen atoms in total. The Morgan fingerprint density at radius 2 is 1.90 bits per heavy atom. The monoisotopic (exact) mass is 532 g/mol. The molecule has 2 N–H and O–H groups in total. The number of anilines is 1. The van der Waals surface area contributed by atoms with Crippen molar-refractivity contribution in [1.82, 2.24) is 25.2 Å². The first-order chi connectivity index (χ1) is 19.0. The number of halogens is 1. The minimum atomic E-state index is -0.497. The Kier molecular flexibility index (Phi) is 6.31. The molecule has 1 aromatic carbocycles. The van der Waals surface area contributed by atoms with Gasteiger partial charge in [-0.1, -0.05) is 19.4 Å². The van der Waals surface area contributed by atoms with Crippen LogP contribution in [0.5, 0.6) is 11.8 Å². The number of pyridine rings is 1. The van der Waals surface area contributed by atoms with Crippen LogP contribution in [0.15, 0.2) is 24.4 Å². The van der Waals surface area contributed by atoms with E-state index in [0.29, 0.717) is 35.5 Å². The Morgan fingerprint density at radius 3 is 2.64 bits per heavy atom. The molecule has 39 heavy (non-hydrogen) atoms. The summed E-state index contributed by atoms with van der Waals surface area (Å²) >= 11 is 0. The number of phenolic OH excluding ortho intramolecular Hbond substituents is 1. The summed E-state index contributed by atoms with van der Waals surface area (Å²) in [7, 11) is 0. The van der Waals surface area contributed by atoms with Crippen molar-refractivity contribution in [2.75, 3.05) is 37.7 Å². The molecule has 4 fully saturated rings. The van der Waals surface area contributed by atoms with Gasteiger partial charge in [0.15, 0.2) is 5.82 Å². The largest absolute Gasteiger partial charge is 0.508 e. The van der Waals surface area contributed by atoms with Gasteiger partial charge in [0.2, 0.25) is 0 Å². The summed E-state index contributed by atoms with van der Waals surface area (Å²) in [6, 6.07) is 6.14. The first kappa shape index (κ1) is 25.0. The number of aromatic nitrogens is 3. The maximum absolute atomic E-state index is 16.4. The van der Waals surface area contributed by atoms with Crippen LogP contribution in [0.1, 0.15) is 57.4 Å². The molecular weight excluding hydrogens is 495 g/mol. The predicted octanol–water partition coefficient (Wildman–Crippen LogP) is 4.44. The van der Waals surface area contributed by atoms with E-state index in [9.17, 15) is 5.11 Å². The van der Waals surface area contributed by atoms with Crippen molar-refractivity contribution < 1.29 is 14.2 Å². The van der Waals surface area contributed by atoms with Crippen LogP contribution >= 0.6 is 0 Å². The average Bonchev–Trinajstić information content (AvgIpc) is 3.62. The Bertz CT molecular complexity index is 1380. The van der Waals surface area contributed by atoms with E-state index in [1.54, 1.807) is 18.3 Å². The van der Waals surface area contributed by atoms with E-state index in [-0.39, 0.29) is 28.5 Å². The summed E-state index contributed by atoms with van der Waals surface area (Å²) in [5.41, 5.74) is 2.03. The number of phenols is 1. The maximum Gasteiger partial charge on any atom is 0.319 e. The Hall–Kier alpha value is -3.04. The third kappa shape index (κ3) is 4.39. The van der Waals surface area contributed by atoms with E-state index in [2.05, 4.69) is 32.0 Å². The molecule has 0 spiro atoms. The van der Waals surface area contributed by atoms with Gasteiger partial charge in [-0.15, -0.1) is 0 Å². The normalized spacial score (nSPS) is 24.0. The molecular formula is C30H37FN6O2. The first-order valence-corrected chi connectivity index (χ1v) is 14.6. The number of fused-ring (bicyclic) bond motifs is 4. The molecule has 206 valence electrons. The van der Waals surface area contributed by atoms with Crippen LogP contribution < -0.4 is 15.0 Å². The molecule has 2 bridgehead atoms. The molecule has 7 rings (SSSR count). The Balaban J connectivity index is 1.32. The number of rotatable bonds is 7. The summed E-state index contributed by atoms with van der Waals surface area (Å²) in [6.07, 6.45) is 10.3. The SMILES string of the molecule is CCCc1ccc(O)cc1-c1ncc2c(N3CC4CCC(C3)N4)nc(OCC34CCCN3CCC4)nc2c1F. The van der Waals surface area contributed by atoms with Crippen LogP contribution in [0.4, 0.5) is 10.2 Å². The lowest BCUT2D eigenvalue weighted by atomic mass is 9.95. The average molecular weight is 533 g/mol. The van der Waals surface area contributed by atoms with Crippen molar-refractivity contribution in [3.05, 3.63) is 35.8 Å². The van der Waals surface area contributed by atoms with Crippen molar-refractivity contribution in [3.8, 4) is 23.0 Å². The fourth-order valence-electron chi connectivity index (χ4n) is 7.42. The molecule has 4 aliphatic rings. The highest BCUT2D eigenvalue weighted by molar-refractivity contribution is 5.92. The van der Waals surface area contributed by atoms with Crippen molar-refractivity contribution in [1.29, 1.82) is 0 Å². The standard InChI is InChI=1S/C30H37FN6O2/c1-2-5-19-6-9-22(38)14-23(19)26-25(31)27-24(15-32-26)28(36-16-20-7-8-21(17-36)33-20)35-29(34-27)39-18-30-10-3-12-37(30)13-4-11-30/h6,9,14-15,20-21,33,38H,2-5,7-8,10-13,16-18H2,1H3. The zero-order valence-corrected chi connectivity index (χ0v) is 22.6.